The number of hydrogen-bond acceptors (Lipinski definition) is 4. The molecule has 0 aliphatic heterocycles. The molecule has 0 aliphatic rings. The van der Waals surface area contributed by atoms with Gasteiger partial charge in [-0.1, -0.05) is 49.7 Å². The molecule has 0 aliphatic carbocycles. The van der Waals surface area contributed by atoms with Crippen LogP contribution in [-0.2, 0) is 11.3 Å². The van der Waals surface area contributed by atoms with Gasteiger partial charge in [-0.25, -0.2) is 9.36 Å². The first-order valence-corrected chi connectivity index (χ1v) is 10.3. The summed E-state index contributed by atoms with van der Waals surface area (Å²) in [4.78, 5) is 25.9. The zero-order valence-corrected chi connectivity index (χ0v) is 18.2. The van der Waals surface area contributed by atoms with Gasteiger partial charge in [-0.15, -0.1) is 0 Å². The van der Waals surface area contributed by atoms with E-state index in [0.29, 0.717) is 27.3 Å². The molecule has 0 saturated heterocycles. The molecule has 4 rings (SSSR count). The molecular weight excluding hydrogens is 414 g/mol. The number of para-hydroxylation sites is 1. The highest BCUT2D eigenvalue weighted by molar-refractivity contribution is 6.31. The first-order valence-electron chi connectivity index (χ1n) is 9.95. The van der Waals surface area contributed by atoms with Crippen LogP contribution in [0, 0.1) is 6.92 Å². The second kappa shape index (κ2) is 8.35. The van der Waals surface area contributed by atoms with E-state index in [0.717, 1.165) is 11.3 Å². The van der Waals surface area contributed by atoms with Crippen molar-refractivity contribution in [1.82, 2.24) is 19.6 Å². The summed E-state index contributed by atoms with van der Waals surface area (Å²) in [6.45, 7) is 5.64. The van der Waals surface area contributed by atoms with E-state index in [-0.39, 0.29) is 23.9 Å². The molecule has 31 heavy (non-hydrogen) atoms. The molecule has 2 aromatic carbocycles. The summed E-state index contributed by atoms with van der Waals surface area (Å²) in [6.07, 6.45) is 1.66. The lowest BCUT2D eigenvalue weighted by molar-refractivity contribution is -0.117. The average molecular weight is 436 g/mol. The van der Waals surface area contributed by atoms with Crippen molar-refractivity contribution in [3.8, 4) is 5.69 Å². The van der Waals surface area contributed by atoms with Crippen molar-refractivity contribution in [2.45, 2.75) is 33.2 Å². The van der Waals surface area contributed by atoms with E-state index in [2.05, 4.69) is 15.5 Å². The first-order chi connectivity index (χ1) is 14.8. The summed E-state index contributed by atoms with van der Waals surface area (Å²) in [5, 5.41) is 12.9. The van der Waals surface area contributed by atoms with Crippen LogP contribution in [0.25, 0.3) is 16.6 Å². The smallest absolute Gasteiger partial charge is 0.293 e. The zero-order valence-electron chi connectivity index (χ0n) is 17.5. The second-order valence-electron chi connectivity index (χ2n) is 7.67. The Morgan fingerprint density at radius 1 is 1.16 bits per heavy atom. The van der Waals surface area contributed by atoms with E-state index in [9.17, 15) is 9.59 Å². The molecule has 8 heteroatoms. The van der Waals surface area contributed by atoms with Crippen LogP contribution in [0.15, 0.2) is 59.5 Å². The van der Waals surface area contributed by atoms with Crippen molar-refractivity contribution < 1.29 is 4.79 Å². The van der Waals surface area contributed by atoms with E-state index >= 15 is 0 Å². The predicted molar refractivity (Wildman–Crippen MR) is 122 cm³/mol. The van der Waals surface area contributed by atoms with Gasteiger partial charge in [-0.05, 0) is 42.7 Å². The van der Waals surface area contributed by atoms with Gasteiger partial charge in [0.2, 0.25) is 5.91 Å². The molecular formula is C23H22ClN5O2. The lowest BCUT2D eigenvalue weighted by Gasteiger charge is -2.12. The van der Waals surface area contributed by atoms with Crippen molar-refractivity contribution >= 4 is 34.1 Å². The fourth-order valence-corrected chi connectivity index (χ4v) is 3.58. The fraction of sp³-hybridized carbons (Fsp3) is 0.217. The Hall–Kier alpha value is -3.45. The Morgan fingerprint density at radius 3 is 2.58 bits per heavy atom. The number of fused-ring (bicyclic) bond motifs is 1. The number of halogens is 1. The topological polar surface area (TPSA) is 81.8 Å². The van der Waals surface area contributed by atoms with Crippen molar-refractivity contribution in [3.63, 3.8) is 0 Å². The highest BCUT2D eigenvalue weighted by atomic mass is 35.5. The second-order valence-corrected chi connectivity index (χ2v) is 8.08. The third kappa shape index (κ3) is 4.09. The number of benzene rings is 2. The van der Waals surface area contributed by atoms with Crippen molar-refractivity contribution in [3.05, 3.63) is 81.4 Å². The highest BCUT2D eigenvalue weighted by Crippen LogP contribution is 2.23. The molecule has 0 unspecified atom stereocenters. The third-order valence-corrected chi connectivity index (χ3v) is 5.41. The molecule has 4 aromatic rings. The Kier molecular flexibility index (Phi) is 5.61. The minimum Gasteiger partial charge on any atom is -0.324 e. The van der Waals surface area contributed by atoms with Crippen LogP contribution < -0.4 is 10.9 Å². The lowest BCUT2D eigenvalue weighted by atomic mass is 10.1. The Balaban J connectivity index is 1.75. The molecule has 0 radical (unpaired) electrons. The van der Waals surface area contributed by atoms with Gasteiger partial charge in [0, 0.05) is 16.1 Å². The minimum atomic E-state index is -0.377. The third-order valence-electron chi connectivity index (χ3n) is 5.01. The van der Waals surface area contributed by atoms with E-state index in [1.807, 2.05) is 57.2 Å². The molecule has 0 saturated carbocycles. The molecule has 1 N–H and O–H groups in total. The average Bonchev–Trinajstić information content (AvgIpc) is 3.18. The molecule has 2 heterocycles. The summed E-state index contributed by atoms with van der Waals surface area (Å²) >= 11 is 6.14. The van der Waals surface area contributed by atoms with Crippen molar-refractivity contribution in [2.24, 2.45) is 0 Å². The molecule has 0 spiro atoms. The summed E-state index contributed by atoms with van der Waals surface area (Å²) in [5.74, 6) is -0.323. The van der Waals surface area contributed by atoms with E-state index < -0.39 is 0 Å². The molecule has 158 valence electrons. The lowest BCUT2D eigenvalue weighted by Crippen LogP contribution is -2.31. The van der Waals surface area contributed by atoms with E-state index in [1.54, 1.807) is 23.0 Å². The molecule has 7 nitrogen and oxygen atoms in total. The summed E-state index contributed by atoms with van der Waals surface area (Å²) in [6, 6.07) is 14.7. The fourth-order valence-electron chi connectivity index (χ4n) is 3.40. The number of rotatable bonds is 5. The first kappa shape index (κ1) is 20.8. The van der Waals surface area contributed by atoms with Gasteiger partial charge in [0.15, 0.2) is 0 Å². The zero-order chi connectivity index (χ0) is 22.1. The quantitative estimate of drug-likeness (QED) is 0.506. The highest BCUT2D eigenvalue weighted by Gasteiger charge is 2.20. The summed E-state index contributed by atoms with van der Waals surface area (Å²) in [7, 11) is 0. The number of carbonyl (C=O) groups excluding carboxylic acids is 1. The monoisotopic (exact) mass is 435 g/mol. The number of hydrogen-bond donors (Lipinski definition) is 1. The van der Waals surface area contributed by atoms with Gasteiger partial charge in [0.05, 0.1) is 17.6 Å². The maximum absolute atomic E-state index is 13.3. The number of aromatic nitrogens is 4. The number of nitrogens with zero attached hydrogens (tertiary/aromatic N) is 4. The van der Waals surface area contributed by atoms with Gasteiger partial charge < -0.3 is 5.32 Å². The van der Waals surface area contributed by atoms with Gasteiger partial charge in [-0.3, -0.25) is 9.59 Å². The van der Waals surface area contributed by atoms with Crippen LogP contribution in [0.5, 0.6) is 0 Å². The molecule has 2 aromatic heterocycles. The Labute approximate surface area is 184 Å². The van der Waals surface area contributed by atoms with Crippen LogP contribution in [0.3, 0.4) is 0 Å². The van der Waals surface area contributed by atoms with Crippen molar-refractivity contribution in [1.29, 1.82) is 0 Å². The van der Waals surface area contributed by atoms with Crippen LogP contribution in [0.2, 0.25) is 5.02 Å². The normalized spacial score (nSPS) is 11.3. The van der Waals surface area contributed by atoms with Gasteiger partial charge in [-0.2, -0.15) is 10.2 Å². The molecule has 1 amide bonds. The number of nitrogens with one attached hydrogen (secondary N) is 1. The molecule has 0 fully saturated rings. The number of amides is 1. The molecule has 0 atom stereocenters. The summed E-state index contributed by atoms with van der Waals surface area (Å²) < 4.78 is 2.79. The predicted octanol–water partition coefficient (Wildman–Crippen LogP) is 4.31. The minimum absolute atomic E-state index is 0.0433. The van der Waals surface area contributed by atoms with Crippen LogP contribution >= 0.6 is 11.6 Å². The maximum Gasteiger partial charge on any atom is 0.293 e. The Bertz CT molecular complexity index is 1330. The van der Waals surface area contributed by atoms with Gasteiger partial charge >= 0.3 is 0 Å². The summed E-state index contributed by atoms with van der Waals surface area (Å²) in [5.41, 5.74) is 2.98. The largest absolute Gasteiger partial charge is 0.324 e. The van der Waals surface area contributed by atoms with Crippen LogP contribution in [0.4, 0.5) is 5.69 Å². The van der Waals surface area contributed by atoms with Gasteiger partial charge in [0.25, 0.3) is 5.56 Å². The van der Waals surface area contributed by atoms with Crippen LogP contribution in [-0.4, -0.2) is 25.5 Å². The van der Waals surface area contributed by atoms with Gasteiger partial charge in [0.1, 0.15) is 12.1 Å². The van der Waals surface area contributed by atoms with Crippen LogP contribution in [0.1, 0.15) is 31.0 Å². The Morgan fingerprint density at radius 2 is 1.90 bits per heavy atom. The van der Waals surface area contributed by atoms with E-state index in [4.69, 9.17) is 11.6 Å². The number of aryl methyl sites for hydroxylation is 1. The number of anilines is 1. The standard InChI is InChI=1S/C23H22ClN5O2/c1-14(2)21-18-12-25-29(17-7-5-4-6-8-17)22(18)23(31)28(27-21)13-20(30)26-16-10-9-15(3)19(24)11-16/h4-12,14H,13H2,1-3H3,(H,26,30). The SMILES string of the molecule is Cc1ccc(NC(=O)Cn2nc(C(C)C)c3cnn(-c4ccccc4)c3c2=O)cc1Cl. The maximum atomic E-state index is 13.3. The van der Waals surface area contributed by atoms with E-state index in [1.165, 1.54) is 4.68 Å². The van der Waals surface area contributed by atoms with Crippen molar-refractivity contribution in [2.75, 3.05) is 5.32 Å². The number of carbonyl (C=O) groups is 1. The molecule has 0 bridgehead atoms.